The van der Waals surface area contributed by atoms with Gasteiger partial charge in [0, 0.05) is 38.3 Å². The Morgan fingerprint density at radius 1 is 1.20 bits per heavy atom. The Kier molecular flexibility index (Phi) is 5.90. The Morgan fingerprint density at radius 2 is 1.90 bits per heavy atom. The second-order valence-electron chi connectivity index (χ2n) is 7.87. The van der Waals surface area contributed by atoms with Crippen LogP contribution in [0.4, 0.5) is 4.39 Å². The van der Waals surface area contributed by atoms with Crippen molar-refractivity contribution in [3.05, 3.63) is 48.2 Å². The third kappa shape index (κ3) is 4.40. The van der Waals surface area contributed by atoms with Crippen molar-refractivity contribution >= 4 is 15.9 Å². The first-order valence-electron chi connectivity index (χ1n) is 9.96. The van der Waals surface area contributed by atoms with Gasteiger partial charge in [-0.1, -0.05) is 12.1 Å². The molecule has 3 atom stereocenters. The number of benzene rings is 1. The van der Waals surface area contributed by atoms with Crippen LogP contribution in [-0.2, 0) is 26.6 Å². The molecule has 2 heterocycles. The average molecular weight is 437 g/mol. The summed E-state index contributed by atoms with van der Waals surface area (Å²) in [7, 11) is -2.10. The number of sulfonamides is 1. The third-order valence-electron chi connectivity index (χ3n) is 5.78. The summed E-state index contributed by atoms with van der Waals surface area (Å²) in [6.45, 7) is 2.04. The molecule has 0 radical (unpaired) electrons. The molecule has 4 rings (SSSR count). The largest absolute Gasteiger partial charge is 0.378 e. The number of rotatable bonds is 5. The van der Waals surface area contributed by atoms with Crippen LogP contribution in [-0.4, -0.2) is 61.1 Å². The number of ether oxygens (including phenoxy) is 1. The fourth-order valence-corrected chi connectivity index (χ4v) is 5.55. The van der Waals surface area contributed by atoms with Crippen LogP contribution in [0.2, 0.25) is 0 Å². The molecule has 2 fully saturated rings. The first kappa shape index (κ1) is 21.0. The fraction of sp³-hybridized carbons (Fsp3) is 0.500. The predicted molar refractivity (Wildman–Crippen MR) is 107 cm³/mol. The summed E-state index contributed by atoms with van der Waals surface area (Å²) in [5.74, 6) is -0.935. The van der Waals surface area contributed by atoms with E-state index in [1.165, 1.54) is 24.7 Å². The van der Waals surface area contributed by atoms with E-state index in [0.29, 0.717) is 39.1 Å². The maximum Gasteiger partial charge on any atom is 0.259 e. The zero-order chi connectivity index (χ0) is 21.3. The second kappa shape index (κ2) is 8.44. The van der Waals surface area contributed by atoms with Gasteiger partial charge in [0.05, 0.1) is 19.5 Å². The second-order valence-corrected chi connectivity index (χ2v) is 9.53. The molecule has 30 heavy (non-hydrogen) atoms. The van der Waals surface area contributed by atoms with E-state index in [0.717, 1.165) is 5.56 Å². The molecular formula is C20H25FN4O4S. The predicted octanol–water partition coefficient (Wildman–Crippen LogP) is 1.26. The van der Waals surface area contributed by atoms with Crippen LogP contribution in [0.1, 0.15) is 24.3 Å². The van der Waals surface area contributed by atoms with Gasteiger partial charge in [-0.2, -0.15) is 0 Å². The van der Waals surface area contributed by atoms with Gasteiger partial charge in [0.25, 0.3) is 10.0 Å². The summed E-state index contributed by atoms with van der Waals surface area (Å²) in [5, 5.41) is -0.0497. The summed E-state index contributed by atoms with van der Waals surface area (Å²) >= 11 is 0. The van der Waals surface area contributed by atoms with Crippen LogP contribution >= 0.6 is 0 Å². The quantitative estimate of drug-likeness (QED) is 0.762. The molecule has 1 saturated heterocycles. The molecular weight excluding hydrogens is 411 g/mol. The molecule has 10 heteroatoms. The Labute approximate surface area is 175 Å². The number of carbonyl (C=O) groups excluding carboxylic acids is 1. The first-order valence-corrected chi connectivity index (χ1v) is 11.4. The number of hydrogen-bond donors (Lipinski definition) is 1. The van der Waals surface area contributed by atoms with Gasteiger partial charge in [-0.3, -0.25) is 4.79 Å². The minimum atomic E-state index is -3.80. The minimum absolute atomic E-state index is 0.00726. The van der Waals surface area contributed by atoms with E-state index in [2.05, 4.69) is 9.71 Å². The van der Waals surface area contributed by atoms with Crippen LogP contribution < -0.4 is 4.72 Å². The fourth-order valence-electron chi connectivity index (χ4n) is 4.31. The van der Waals surface area contributed by atoms with Crippen molar-refractivity contribution in [2.75, 3.05) is 26.3 Å². The maximum absolute atomic E-state index is 13.4. The highest BCUT2D eigenvalue weighted by molar-refractivity contribution is 7.89. The summed E-state index contributed by atoms with van der Waals surface area (Å²) in [6.07, 6.45) is 3.70. The number of hydrogen-bond acceptors (Lipinski definition) is 5. The van der Waals surface area contributed by atoms with E-state index in [1.807, 2.05) is 0 Å². The lowest BCUT2D eigenvalue weighted by atomic mass is 9.88. The number of carbonyl (C=O) groups is 1. The molecule has 1 aliphatic carbocycles. The Morgan fingerprint density at radius 3 is 2.53 bits per heavy atom. The number of aryl methyl sites for hydroxylation is 1. The molecule has 1 aromatic heterocycles. The van der Waals surface area contributed by atoms with Gasteiger partial charge in [-0.25, -0.2) is 22.5 Å². The third-order valence-corrected chi connectivity index (χ3v) is 7.18. The van der Waals surface area contributed by atoms with Crippen molar-refractivity contribution in [1.82, 2.24) is 19.2 Å². The normalized spacial score (nSPS) is 24.9. The van der Waals surface area contributed by atoms with Crippen molar-refractivity contribution in [2.24, 2.45) is 13.0 Å². The van der Waals surface area contributed by atoms with E-state index in [9.17, 15) is 17.6 Å². The summed E-state index contributed by atoms with van der Waals surface area (Å²) < 4.78 is 48.5. The number of imidazole rings is 1. The monoisotopic (exact) mass is 436 g/mol. The van der Waals surface area contributed by atoms with Crippen LogP contribution in [0.25, 0.3) is 0 Å². The van der Waals surface area contributed by atoms with Gasteiger partial charge in [-0.15, -0.1) is 0 Å². The van der Waals surface area contributed by atoms with Crippen LogP contribution in [0, 0.1) is 11.7 Å². The van der Waals surface area contributed by atoms with Crippen molar-refractivity contribution in [1.29, 1.82) is 0 Å². The highest BCUT2D eigenvalue weighted by atomic mass is 32.2. The number of nitrogens with zero attached hydrogens (tertiary/aromatic N) is 3. The summed E-state index contributed by atoms with van der Waals surface area (Å²) in [4.78, 5) is 18.9. The maximum atomic E-state index is 13.4. The van der Waals surface area contributed by atoms with Gasteiger partial charge in [0.15, 0.2) is 5.03 Å². The number of morpholine rings is 1. The van der Waals surface area contributed by atoms with Crippen LogP contribution in [0.5, 0.6) is 0 Å². The van der Waals surface area contributed by atoms with Crippen LogP contribution in [0.3, 0.4) is 0 Å². The highest BCUT2D eigenvalue weighted by Crippen LogP contribution is 2.41. The summed E-state index contributed by atoms with van der Waals surface area (Å²) in [5.41, 5.74) is 0.836. The van der Waals surface area contributed by atoms with Gasteiger partial charge >= 0.3 is 0 Å². The van der Waals surface area contributed by atoms with Gasteiger partial charge in [0.2, 0.25) is 5.91 Å². The molecule has 1 aromatic carbocycles. The number of aromatic nitrogens is 2. The number of nitrogens with one attached hydrogen (secondary N) is 1. The molecule has 0 spiro atoms. The van der Waals surface area contributed by atoms with Crippen LogP contribution in [0.15, 0.2) is 41.8 Å². The molecule has 0 unspecified atom stereocenters. The molecule has 162 valence electrons. The molecule has 0 bridgehead atoms. The molecule has 2 aromatic rings. The molecule has 1 N–H and O–H groups in total. The standard InChI is InChI=1S/C20H25FN4O4S/c1-24-12-19(22-13-24)30(27,28)23-16-10-17(14-2-4-15(21)5-3-14)18(11-16)20(26)25-6-8-29-9-7-25/h2-5,12-13,16-18,23H,6-11H2,1H3/t16-,17+,18-/m0/s1. The lowest BCUT2D eigenvalue weighted by Gasteiger charge is -2.31. The van der Waals surface area contributed by atoms with E-state index in [4.69, 9.17) is 4.74 Å². The topological polar surface area (TPSA) is 93.5 Å². The lowest BCUT2D eigenvalue weighted by molar-refractivity contribution is -0.140. The van der Waals surface area contributed by atoms with Crippen molar-refractivity contribution in [3.63, 3.8) is 0 Å². The van der Waals surface area contributed by atoms with Crippen molar-refractivity contribution in [3.8, 4) is 0 Å². The number of amides is 1. The molecule has 2 aliphatic rings. The van der Waals surface area contributed by atoms with Crippen molar-refractivity contribution in [2.45, 2.75) is 29.8 Å². The van der Waals surface area contributed by atoms with E-state index < -0.39 is 16.1 Å². The lowest BCUT2D eigenvalue weighted by Crippen LogP contribution is -2.44. The van der Waals surface area contributed by atoms with E-state index >= 15 is 0 Å². The molecule has 1 aliphatic heterocycles. The van der Waals surface area contributed by atoms with E-state index in [1.54, 1.807) is 28.6 Å². The SMILES string of the molecule is Cn1cnc(S(=O)(=O)N[C@@H]2C[C@H](C(=O)N3CCOCC3)[C@@H](c3ccc(F)cc3)C2)c1. The number of halogens is 1. The highest BCUT2D eigenvalue weighted by Gasteiger charge is 2.43. The zero-order valence-corrected chi connectivity index (χ0v) is 17.5. The first-order chi connectivity index (χ1) is 14.3. The average Bonchev–Trinajstić information content (AvgIpc) is 3.35. The Hall–Kier alpha value is -2.30. The zero-order valence-electron chi connectivity index (χ0n) is 16.7. The Balaban J connectivity index is 1.56. The van der Waals surface area contributed by atoms with Gasteiger partial charge in [0.1, 0.15) is 5.82 Å². The summed E-state index contributed by atoms with van der Waals surface area (Å²) in [6, 6.07) is 5.68. The smallest absolute Gasteiger partial charge is 0.259 e. The molecule has 1 saturated carbocycles. The van der Waals surface area contributed by atoms with Gasteiger partial charge < -0.3 is 14.2 Å². The Bertz CT molecular complexity index is 1000. The van der Waals surface area contributed by atoms with E-state index in [-0.39, 0.29) is 28.6 Å². The van der Waals surface area contributed by atoms with Crippen molar-refractivity contribution < 1.29 is 22.3 Å². The minimum Gasteiger partial charge on any atom is -0.378 e. The van der Waals surface area contributed by atoms with Gasteiger partial charge in [-0.05, 0) is 36.5 Å². The molecule has 1 amide bonds. The molecule has 8 nitrogen and oxygen atoms in total.